The van der Waals surface area contributed by atoms with Crippen LogP contribution in [0.3, 0.4) is 0 Å². The molecule has 1 aromatic rings. The van der Waals surface area contributed by atoms with Gasteiger partial charge in [0, 0.05) is 23.1 Å². The highest BCUT2D eigenvalue weighted by molar-refractivity contribution is 9.10. The van der Waals surface area contributed by atoms with E-state index in [-0.39, 0.29) is 12.7 Å². The third-order valence-electron chi connectivity index (χ3n) is 3.92. The number of nitrogens with one attached hydrogen (secondary N) is 1. The molecule has 2 N–H and O–H groups in total. The highest BCUT2D eigenvalue weighted by Gasteiger charge is 2.22. The molecule has 1 saturated carbocycles. The van der Waals surface area contributed by atoms with Gasteiger partial charge in [0.2, 0.25) is 0 Å². The normalized spacial score (nSPS) is 21.8. The first-order valence-electron chi connectivity index (χ1n) is 7.44. The molecule has 1 aromatic carbocycles. The van der Waals surface area contributed by atoms with E-state index in [1.807, 2.05) is 18.2 Å². The first kappa shape index (κ1) is 16.4. The molecule has 0 aliphatic heterocycles. The second-order valence-corrected chi connectivity index (χ2v) is 6.40. The van der Waals surface area contributed by atoms with Crippen molar-refractivity contribution in [1.82, 2.24) is 5.32 Å². The van der Waals surface area contributed by atoms with Crippen LogP contribution in [0.2, 0.25) is 0 Å². The highest BCUT2D eigenvalue weighted by Crippen LogP contribution is 2.25. The lowest BCUT2D eigenvalue weighted by atomic mass is 9.86. The molecule has 1 aliphatic rings. The molecule has 0 spiro atoms. The molecule has 1 fully saturated rings. The van der Waals surface area contributed by atoms with Gasteiger partial charge in [-0.25, -0.2) is 0 Å². The summed E-state index contributed by atoms with van der Waals surface area (Å²) in [5.74, 6) is 3.66. The Labute approximate surface area is 135 Å². The fourth-order valence-electron chi connectivity index (χ4n) is 2.76. The molecule has 2 unspecified atom stereocenters. The van der Waals surface area contributed by atoms with E-state index in [2.05, 4.69) is 27.2 Å². The number of ether oxygens (including phenoxy) is 1. The van der Waals surface area contributed by atoms with Crippen molar-refractivity contribution in [2.75, 3.05) is 13.2 Å². The van der Waals surface area contributed by atoms with Gasteiger partial charge in [-0.1, -0.05) is 34.7 Å². The Balaban J connectivity index is 1.89. The van der Waals surface area contributed by atoms with E-state index in [4.69, 9.17) is 11.2 Å². The van der Waals surface area contributed by atoms with E-state index >= 15 is 0 Å². The molecule has 1 aliphatic carbocycles. The third kappa shape index (κ3) is 5.03. The van der Waals surface area contributed by atoms with Gasteiger partial charge < -0.3 is 15.2 Å². The maximum absolute atomic E-state index is 9.99. The van der Waals surface area contributed by atoms with Crippen LogP contribution in [0.15, 0.2) is 22.7 Å². The Bertz CT molecular complexity index is 498. The molecule has 3 nitrogen and oxygen atoms in total. The van der Waals surface area contributed by atoms with Gasteiger partial charge in [0.25, 0.3) is 0 Å². The first-order valence-corrected chi connectivity index (χ1v) is 8.23. The van der Waals surface area contributed by atoms with Crippen LogP contribution < -0.4 is 10.1 Å². The van der Waals surface area contributed by atoms with Crippen molar-refractivity contribution in [1.29, 1.82) is 0 Å². The molecule has 0 bridgehead atoms. The van der Waals surface area contributed by atoms with Crippen LogP contribution in [0.1, 0.15) is 31.2 Å². The van der Waals surface area contributed by atoms with Gasteiger partial charge in [0.1, 0.15) is 12.4 Å². The van der Waals surface area contributed by atoms with Crippen molar-refractivity contribution in [3.05, 3.63) is 28.2 Å². The minimum atomic E-state index is -0.161. The molecule has 0 radical (unpaired) electrons. The average molecular weight is 352 g/mol. The average Bonchev–Trinajstić information content (AvgIpc) is 2.48. The van der Waals surface area contributed by atoms with E-state index in [0.717, 1.165) is 41.6 Å². The number of halogens is 1. The number of aliphatic hydroxyl groups excluding tert-OH is 1. The summed E-state index contributed by atoms with van der Waals surface area (Å²) < 4.78 is 6.58. The van der Waals surface area contributed by atoms with E-state index in [9.17, 15) is 5.11 Å². The number of terminal acetylenes is 1. The maximum atomic E-state index is 9.99. The zero-order chi connectivity index (χ0) is 15.1. The number of rotatable bonds is 6. The monoisotopic (exact) mass is 351 g/mol. The van der Waals surface area contributed by atoms with Crippen LogP contribution >= 0.6 is 15.9 Å². The lowest BCUT2D eigenvalue weighted by Crippen LogP contribution is -2.33. The minimum Gasteiger partial charge on any atom is -0.481 e. The van der Waals surface area contributed by atoms with Gasteiger partial charge >= 0.3 is 0 Å². The SMILES string of the molecule is C#CCOc1ccc(Br)cc1CNCC1CCCCC1O. The van der Waals surface area contributed by atoms with Crippen molar-refractivity contribution in [3.8, 4) is 18.1 Å². The largest absolute Gasteiger partial charge is 0.481 e. The Morgan fingerprint density at radius 3 is 2.95 bits per heavy atom. The summed E-state index contributed by atoms with van der Waals surface area (Å²) in [5, 5.41) is 13.4. The molecule has 2 rings (SSSR count). The summed E-state index contributed by atoms with van der Waals surface area (Å²) in [7, 11) is 0. The molecule has 2 atom stereocenters. The molecule has 114 valence electrons. The molecule has 0 heterocycles. The molecule has 0 aromatic heterocycles. The Kier molecular flexibility index (Phi) is 6.56. The van der Waals surface area contributed by atoms with Crippen LogP contribution in [-0.2, 0) is 6.54 Å². The standard InChI is InChI=1S/C17H22BrNO2/c1-2-9-21-17-8-7-15(18)10-14(17)12-19-11-13-5-3-4-6-16(13)20/h1,7-8,10,13,16,19-20H,3-6,9,11-12H2. The Morgan fingerprint density at radius 1 is 1.38 bits per heavy atom. The van der Waals surface area contributed by atoms with Crippen molar-refractivity contribution >= 4 is 15.9 Å². The number of hydrogen-bond donors (Lipinski definition) is 2. The number of benzene rings is 1. The van der Waals surface area contributed by atoms with Gasteiger partial charge in [-0.15, -0.1) is 6.42 Å². The van der Waals surface area contributed by atoms with E-state index < -0.39 is 0 Å². The summed E-state index contributed by atoms with van der Waals surface area (Å²) in [6.45, 7) is 1.82. The zero-order valence-electron chi connectivity index (χ0n) is 12.1. The third-order valence-corrected chi connectivity index (χ3v) is 4.42. The minimum absolute atomic E-state index is 0.161. The lowest BCUT2D eigenvalue weighted by molar-refractivity contribution is 0.0695. The summed E-state index contributed by atoms with van der Waals surface area (Å²) in [4.78, 5) is 0. The fraction of sp³-hybridized carbons (Fsp3) is 0.529. The van der Waals surface area contributed by atoms with Crippen molar-refractivity contribution < 1.29 is 9.84 Å². The predicted octanol–water partition coefficient (Wildman–Crippen LogP) is 3.10. The van der Waals surface area contributed by atoms with Crippen LogP contribution in [-0.4, -0.2) is 24.4 Å². The maximum Gasteiger partial charge on any atom is 0.148 e. The van der Waals surface area contributed by atoms with Crippen LogP contribution in [0.25, 0.3) is 0 Å². The van der Waals surface area contributed by atoms with Gasteiger partial charge in [-0.3, -0.25) is 0 Å². The van der Waals surface area contributed by atoms with Crippen molar-refractivity contribution in [2.45, 2.75) is 38.3 Å². The molecular weight excluding hydrogens is 330 g/mol. The second-order valence-electron chi connectivity index (χ2n) is 5.49. The van der Waals surface area contributed by atoms with E-state index in [0.29, 0.717) is 12.5 Å². The summed E-state index contributed by atoms with van der Waals surface area (Å²) in [5.41, 5.74) is 1.07. The van der Waals surface area contributed by atoms with Crippen molar-refractivity contribution in [2.24, 2.45) is 5.92 Å². The number of hydrogen-bond acceptors (Lipinski definition) is 3. The number of aliphatic hydroxyl groups is 1. The molecule has 0 amide bonds. The van der Waals surface area contributed by atoms with Crippen LogP contribution in [0, 0.1) is 18.3 Å². The quantitative estimate of drug-likeness (QED) is 0.773. The zero-order valence-corrected chi connectivity index (χ0v) is 13.7. The van der Waals surface area contributed by atoms with Gasteiger partial charge in [0.15, 0.2) is 0 Å². The van der Waals surface area contributed by atoms with Crippen LogP contribution in [0.5, 0.6) is 5.75 Å². The summed E-state index contributed by atoms with van der Waals surface area (Å²) in [6, 6.07) is 5.91. The van der Waals surface area contributed by atoms with Crippen LogP contribution in [0.4, 0.5) is 0 Å². The lowest BCUT2D eigenvalue weighted by Gasteiger charge is -2.27. The summed E-state index contributed by atoms with van der Waals surface area (Å²) >= 11 is 3.48. The van der Waals surface area contributed by atoms with E-state index in [1.54, 1.807) is 0 Å². The molecule has 0 saturated heterocycles. The van der Waals surface area contributed by atoms with Gasteiger partial charge in [-0.05, 0) is 37.0 Å². The van der Waals surface area contributed by atoms with Gasteiger partial charge in [-0.2, -0.15) is 0 Å². The summed E-state index contributed by atoms with van der Waals surface area (Å²) in [6.07, 6.45) is 9.48. The van der Waals surface area contributed by atoms with Crippen molar-refractivity contribution in [3.63, 3.8) is 0 Å². The van der Waals surface area contributed by atoms with E-state index in [1.165, 1.54) is 6.42 Å². The highest BCUT2D eigenvalue weighted by atomic mass is 79.9. The molecular formula is C17H22BrNO2. The first-order chi connectivity index (χ1) is 10.2. The fourth-order valence-corrected chi connectivity index (χ4v) is 3.17. The second kappa shape index (κ2) is 8.43. The topological polar surface area (TPSA) is 41.5 Å². The molecule has 4 heteroatoms. The Hall–Kier alpha value is -1.02. The Morgan fingerprint density at radius 2 is 2.19 bits per heavy atom. The smallest absolute Gasteiger partial charge is 0.148 e. The van der Waals surface area contributed by atoms with Gasteiger partial charge in [0.05, 0.1) is 6.10 Å². The predicted molar refractivity (Wildman–Crippen MR) is 88.1 cm³/mol. The molecule has 21 heavy (non-hydrogen) atoms.